The lowest BCUT2D eigenvalue weighted by atomic mass is 10.4. The smallest absolute Gasteiger partial charge is 0.218 e. The van der Waals surface area contributed by atoms with Gasteiger partial charge >= 0.3 is 11.5 Å². The first-order valence-electron chi connectivity index (χ1n) is 3.87. The molecule has 1 heterocycles. The Hall–Kier alpha value is -0.760. The molecule has 1 aromatic heterocycles. The Morgan fingerprint density at radius 1 is 1.42 bits per heavy atom. The largest absolute Gasteiger partial charge is 0.327 e. The van der Waals surface area contributed by atoms with Crippen LogP contribution in [-0.2, 0) is 0 Å². The summed E-state index contributed by atoms with van der Waals surface area (Å²) < 4.78 is 5.36. The third-order valence-corrected chi connectivity index (χ3v) is 2.35. The minimum Gasteiger partial charge on any atom is -0.218 e. The average molecular weight is 181 g/mol. The van der Waals surface area contributed by atoms with Gasteiger partial charge in [-0.15, -0.1) is 18.3 Å². The highest BCUT2D eigenvalue weighted by molar-refractivity contribution is 7.99. The third-order valence-electron chi connectivity index (χ3n) is 1.38. The predicted molar refractivity (Wildman–Crippen MR) is 53.5 cm³/mol. The van der Waals surface area contributed by atoms with E-state index >= 15 is 0 Å². The SMILES string of the molecule is C=CCSc1cc(C)[o+]c(C)c1. The zero-order chi connectivity index (χ0) is 8.97. The molecule has 64 valence electrons. The summed E-state index contributed by atoms with van der Waals surface area (Å²) in [7, 11) is 0. The maximum absolute atomic E-state index is 5.36. The number of aryl methyl sites for hydroxylation is 2. The van der Waals surface area contributed by atoms with Crippen molar-refractivity contribution in [3.05, 3.63) is 36.3 Å². The summed E-state index contributed by atoms with van der Waals surface area (Å²) >= 11 is 1.77. The van der Waals surface area contributed by atoms with Crippen LogP contribution in [0.5, 0.6) is 0 Å². The topological polar surface area (TPSA) is 11.3 Å². The van der Waals surface area contributed by atoms with Crippen molar-refractivity contribution in [1.29, 1.82) is 0 Å². The number of hydrogen-bond acceptors (Lipinski definition) is 1. The van der Waals surface area contributed by atoms with E-state index in [-0.39, 0.29) is 0 Å². The molecule has 0 fully saturated rings. The Morgan fingerprint density at radius 2 is 2.00 bits per heavy atom. The van der Waals surface area contributed by atoms with Crippen LogP contribution in [0.4, 0.5) is 0 Å². The first kappa shape index (κ1) is 9.33. The van der Waals surface area contributed by atoms with Gasteiger partial charge in [-0.3, -0.25) is 0 Å². The molecule has 0 aliphatic carbocycles. The van der Waals surface area contributed by atoms with E-state index < -0.39 is 0 Å². The molecule has 0 atom stereocenters. The van der Waals surface area contributed by atoms with Gasteiger partial charge in [0.25, 0.3) is 0 Å². The molecule has 0 aromatic carbocycles. The summed E-state index contributed by atoms with van der Waals surface area (Å²) in [6.07, 6.45) is 1.90. The molecule has 0 saturated carbocycles. The number of rotatable bonds is 3. The van der Waals surface area contributed by atoms with Crippen LogP contribution in [0.3, 0.4) is 0 Å². The lowest BCUT2D eigenvalue weighted by molar-refractivity contribution is 0.481. The van der Waals surface area contributed by atoms with E-state index in [9.17, 15) is 0 Å². The Labute approximate surface area is 77.5 Å². The normalized spacial score (nSPS) is 9.83. The quantitative estimate of drug-likeness (QED) is 0.402. The summed E-state index contributed by atoms with van der Waals surface area (Å²) in [5, 5.41) is 0. The molecule has 0 aliphatic rings. The molecule has 0 amide bonds. The molecule has 1 rings (SSSR count). The Morgan fingerprint density at radius 3 is 2.50 bits per heavy atom. The van der Waals surface area contributed by atoms with Gasteiger partial charge in [0.15, 0.2) is 0 Å². The summed E-state index contributed by atoms with van der Waals surface area (Å²) in [6.45, 7) is 7.60. The fourth-order valence-electron chi connectivity index (χ4n) is 0.994. The van der Waals surface area contributed by atoms with Crippen LogP contribution in [0.1, 0.15) is 11.5 Å². The molecule has 0 spiro atoms. The monoisotopic (exact) mass is 181 g/mol. The first-order chi connectivity index (χ1) is 5.72. The zero-order valence-corrected chi connectivity index (χ0v) is 8.28. The molecule has 0 unspecified atom stereocenters. The van der Waals surface area contributed by atoms with Crippen molar-refractivity contribution in [3.63, 3.8) is 0 Å². The minimum atomic E-state index is 0.947. The van der Waals surface area contributed by atoms with Crippen molar-refractivity contribution in [2.75, 3.05) is 5.75 Å². The van der Waals surface area contributed by atoms with Crippen LogP contribution in [0.25, 0.3) is 0 Å². The third kappa shape index (κ3) is 2.70. The second kappa shape index (κ2) is 4.31. The van der Waals surface area contributed by atoms with Gasteiger partial charge in [0.05, 0.1) is 26.0 Å². The fourth-order valence-corrected chi connectivity index (χ4v) is 1.80. The number of hydrogen-bond donors (Lipinski definition) is 0. The van der Waals surface area contributed by atoms with Crippen LogP contribution in [0, 0.1) is 13.8 Å². The van der Waals surface area contributed by atoms with Gasteiger partial charge in [-0.1, -0.05) is 6.08 Å². The molecule has 0 N–H and O–H groups in total. The standard InChI is InChI=1S/C10H13OS/c1-4-5-12-10-6-8(2)11-9(3)7-10/h4,6-7H,1,5H2,2-3H3/q+1. The highest BCUT2D eigenvalue weighted by Crippen LogP contribution is 2.20. The van der Waals surface area contributed by atoms with E-state index in [0.717, 1.165) is 17.3 Å². The van der Waals surface area contributed by atoms with Crippen LogP contribution in [0.15, 0.2) is 34.1 Å². The molecule has 0 aliphatic heterocycles. The molecule has 12 heavy (non-hydrogen) atoms. The average Bonchev–Trinajstić information content (AvgIpc) is 1.99. The maximum Gasteiger partial charge on any atom is 0.327 e. The second-order valence-electron chi connectivity index (χ2n) is 2.61. The molecule has 1 aromatic rings. The van der Waals surface area contributed by atoms with Gasteiger partial charge in [-0.25, -0.2) is 4.42 Å². The predicted octanol–water partition coefficient (Wildman–Crippen LogP) is 3.46. The Kier molecular flexibility index (Phi) is 3.35. The van der Waals surface area contributed by atoms with Crippen LogP contribution in [0.2, 0.25) is 0 Å². The van der Waals surface area contributed by atoms with E-state index in [4.69, 9.17) is 4.42 Å². The lowest BCUT2D eigenvalue weighted by Gasteiger charge is -1.94. The molecule has 2 heteroatoms. The van der Waals surface area contributed by atoms with Crippen molar-refractivity contribution >= 4 is 11.8 Å². The van der Waals surface area contributed by atoms with Gasteiger partial charge in [-0.05, 0) is 0 Å². The highest BCUT2D eigenvalue weighted by Gasteiger charge is 2.06. The van der Waals surface area contributed by atoms with Crippen molar-refractivity contribution in [2.24, 2.45) is 0 Å². The summed E-state index contributed by atoms with van der Waals surface area (Å²) in [4.78, 5) is 1.25. The van der Waals surface area contributed by atoms with Crippen molar-refractivity contribution in [3.8, 4) is 0 Å². The van der Waals surface area contributed by atoms with E-state index in [1.807, 2.05) is 32.1 Å². The van der Waals surface area contributed by atoms with Gasteiger partial charge < -0.3 is 0 Å². The molecule has 0 bridgehead atoms. The van der Waals surface area contributed by atoms with Crippen LogP contribution < -0.4 is 0 Å². The number of thioether (sulfide) groups is 1. The minimum absolute atomic E-state index is 0.947. The summed E-state index contributed by atoms with van der Waals surface area (Å²) in [5.41, 5.74) is 0. The van der Waals surface area contributed by atoms with E-state index in [2.05, 4.69) is 6.58 Å². The molecule has 0 saturated heterocycles. The van der Waals surface area contributed by atoms with Gasteiger partial charge in [0, 0.05) is 10.6 Å². The Bertz CT molecular complexity index is 261. The molecular formula is C10H13OS+. The van der Waals surface area contributed by atoms with Crippen LogP contribution in [-0.4, -0.2) is 5.75 Å². The lowest BCUT2D eigenvalue weighted by Crippen LogP contribution is -1.80. The van der Waals surface area contributed by atoms with E-state index in [0.29, 0.717) is 0 Å². The molecule has 1 nitrogen and oxygen atoms in total. The van der Waals surface area contributed by atoms with Crippen LogP contribution >= 0.6 is 11.8 Å². The van der Waals surface area contributed by atoms with E-state index in [1.165, 1.54) is 4.90 Å². The van der Waals surface area contributed by atoms with Crippen molar-refractivity contribution in [1.82, 2.24) is 0 Å². The highest BCUT2D eigenvalue weighted by atomic mass is 32.2. The summed E-state index contributed by atoms with van der Waals surface area (Å²) in [6, 6.07) is 4.09. The maximum atomic E-state index is 5.36. The first-order valence-corrected chi connectivity index (χ1v) is 4.86. The molecule has 0 radical (unpaired) electrons. The Balaban J connectivity index is 2.78. The van der Waals surface area contributed by atoms with E-state index in [1.54, 1.807) is 11.8 Å². The van der Waals surface area contributed by atoms with Gasteiger partial charge in [-0.2, -0.15) is 0 Å². The van der Waals surface area contributed by atoms with Crippen molar-refractivity contribution < 1.29 is 4.42 Å². The molecular weight excluding hydrogens is 168 g/mol. The fraction of sp³-hybridized carbons (Fsp3) is 0.300. The van der Waals surface area contributed by atoms with Gasteiger partial charge in [0.1, 0.15) is 0 Å². The van der Waals surface area contributed by atoms with Gasteiger partial charge in [0.2, 0.25) is 0 Å². The van der Waals surface area contributed by atoms with Crippen molar-refractivity contribution in [2.45, 2.75) is 18.7 Å². The zero-order valence-electron chi connectivity index (χ0n) is 7.46. The summed E-state index contributed by atoms with van der Waals surface area (Å²) in [5.74, 6) is 2.87. The second-order valence-corrected chi connectivity index (χ2v) is 3.71.